The van der Waals surface area contributed by atoms with E-state index in [1.807, 2.05) is 31.2 Å². The second-order valence-corrected chi connectivity index (χ2v) is 5.80. The fourth-order valence-corrected chi connectivity index (χ4v) is 2.46. The van der Waals surface area contributed by atoms with Gasteiger partial charge in [0.25, 0.3) is 5.56 Å². The van der Waals surface area contributed by atoms with Crippen LogP contribution in [0.2, 0.25) is 0 Å². The van der Waals surface area contributed by atoms with E-state index in [1.165, 1.54) is 5.56 Å². The van der Waals surface area contributed by atoms with Crippen LogP contribution in [0.5, 0.6) is 11.5 Å². The number of methoxy groups -OCH3 is 2. The van der Waals surface area contributed by atoms with Gasteiger partial charge in [-0.2, -0.15) is 0 Å². The van der Waals surface area contributed by atoms with Gasteiger partial charge in [0.05, 0.1) is 19.9 Å². The molecule has 0 aliphatic heterocycles. The van der Waals surface area contributed by atoms with Gasteiger partial charge in [-0.25, -0.2) is 0 Å². The molecular formula is C19H20N4O3. The van der Waals surface area contributed by atoms with Crippen LogP contribution in [0.15, 0.2) is 47.3 Å². The predicted molar refractivity (Wildman–Crippen MR) is 99.5 cm³/mol. The molecule has 0 bridgehead atoms. The summed E-state index contributed by atoms with van der Waals surface area (Å²) >= 11 is 0. The van der Waals surface area contributed by atoms with Crippen molar-refractivity contribution in [2.45, 2.75) is 13.3 Å². The zero-order valence-corrected chi connectivity index (χ0v) is 14.9. The molecule has 134 valence electrons. The van der Waals surface area contributed by atoms with Gasteiger partial charge < -0.3 is 14.8 Å². The van der Waals surface area contributed by atoms with Crippen molar-refractivity contribution in [1.82, 2.24) is 15.2 Å². The van der Waals surface area contributed by atoms with E-state index < -0.39 is 0 Å². The number of aromatic nitrogens is 3. The van der Waals surface area contributed by atoms with Crippen molar-refractivity contribution < 1.29 is 9.47 Å². The topological polar surface area (TPSA) is 89.1 Å². The molecule has 1 aromatic heterocycles. The summed E-state index contributed by atoms with van der Waals surface area (Å²) in [6.07, 6.45) is 0.425. The Balaban J connectivity index is 1.79. The van der Waals surface area contributed by atoms with Crippen LogP contribution < -0.4 is 20.3 Å². The molecule has 0 unspecified atom stereocenters. The van der Waals surface area contributed by atoms with Gasteiger partial charge in [-0.05, 0) is 24.6 Å². The zero-order chi connectivity index (χ0) is 18.5. The minimum absolute atomic E-state index is 0.242. The fraction of sp³-hybridized carbons (Fsp3) is 0.211. The van der Waals surface area contributed by atoms with Gasteiger partial charge in [0.2, 0.25) is 5.95 Å². The smallest absolute Gasteiger partial charge is 0.274 e. The maximum Gasteiger partial charge on any atom is 0.274 e. The molecule has 0 saturated heterocycles. The molecule has 0 aliphatic rings. The molecule has 0 aliphatic carbocycles. The lowest BCUT2D eigenvalue weighted by atomic mass is 10.1. The van der Waals surface area contributed by atoms with Gasteiger partial charge in [-0.15, -0.1) is 10.2 Å². The van der Waals surface area contributed by atoms with Crippen LogP contribution in [0.25, 0.3) is 0 Å². The minimum atomic E-state index is -0.282. The third kappa shape index (κ3) is 4.00. The number of aromatic amines is 1. The first-order valence-electron chi connectivity index (χ1n) is 8.09. The highest BCUT2D eigenvalue weighted by Crippen LogP contribution is 2.30. The highest BCUT2D eigenvalue weighted by atomic mass is 16.5. The third-order valence-corrected chi connectivity index (χ3v) is 3.92. The van der Waals surface area contributed by atoms with Gasteiger partial charge in [-0.1, -0.05) is 29.8 Å². The van der Waals surface area contributed by atoms with Crippen molar-refractivity contribution in [3.63, 3.8) is 0 Å². The van der Waals surface area contributed by atoms with Crippen molar-refractivity contribution in [2.24, 2.45) is 0 Å². The maximum atomic E-state index is 12.3. The Morgan fingerprint density at radius 2 is 1.81 bits per heavy atom. The molecule has 7 nitrogen and oxygen atoms in total. The monoisotopic (exact) mass is 352 g/mol. The lowest BCUT2D eigenvalue weighted by Crippen LogP contribution is -2.19. The van der Waals surface area contributed by atoms with Gasteiger partial charge in [0, 0.05) is 12.5 Å². The number of nitrogens with one attached hydrogen (secondary N) is 2. The van der Waals surface area contributed by atoms with E-state index in [2.05, 4.69) is 20.5 Å². The van der Waals surface area contributed by atoms with Crippen molar-refractivity contribution in [3.8, 4) is 11.5 Å². The van der Waals surface area contributed by atoms with Gasteiger partial charge in [0.1, 0.15) is 17.2 Å². The van der Waals surface area contributed by atoms with Crippen LogP contribution in [-0.4, -0.2) is 29.4 Å². The number of hydrogen-bond acceptors (Lipinski definition) is 6. The summed E-state index contributed by atoms with van der Waals surface area (Å²) < 4.78 is 10.5. The Morgan fingerprint density at radius 1 is 1.04 bits per heavy atom. The highest BCUT2D eigenvalue weighted by molar-refractivity contribution is 5.64. The zero-order valence-electron chi connectivity index (χ0n) is 14.9. The predicted octanol–water partition coefficient (Wildman–Crippen LogP) is 2.82. The van der Waals surface area contributed by atoms with E-state index >= 15 is 0 Å². The summed E-state index contributed by atoms with van der Waals surface area (Å²) in [6, 6.07) is 13.3. The number of hydrogen-bond donors (Lipinski definition) is 2. The molecule has 0 fully saturated rings. The largest absolute Gasteiger partial charge is 0.497 e. The quantitative estimate of drug-likeness (QED) is 0.709. The van der Waals surface area contributed by atoms with Crippen LogP contribution in [0.4, 0.5) is 11.6 Å². The first kappa shape index (κ1) is 17.5. The van der Waals surface area contributed by atoms with Crippen LogP contribution in [0, 0.1) is 6.92 Å². The molecule has 26 heavy (non-hydrogen) atoms. The number of aryl methyl sites for hydroxylation is 1. The molecule has 7 heteroatoms. The lowest BCUT2D eigenvalue weighted by Gasteiger charge is -2.11. The van der Waals surface area contributed by atoms with Crippen LogP contribution in [0.1, 0.15) is 16.8 Å². The Kier molecular flexibility index (Phi) is 5.17. The van der Waals surface area contributed by atoms with Crippen molar-refractivity contribution in [3.05, 3.63) is 69.6 Å². The second-order valence-electron chi connectivity index (χ2n) is 5.80. The Hall–Kier alpha value is -3.35. The van der Waals surface area contributed by atoms with Gasteiger partial charge in [-0.3, -0.25) is 9.78 Å². The molecule has 0 radical (unpaired) electrons. The van der Waals surface area contributed by atoms with E-state index in [1.54, 1.807) is 32.4 Å². The van der Waals surface area contributed by atoms with Crippen LogP contribution in [-0.2, 0) is 6.42 Å². The average Bonchev–Trinajstić information content (AvgIpc) is 2.66. The number of ether oxygens (including phenoxy) is 2. The normalized spacial score (nSPS) is 10.4. The van der Waals surface area contributed by atoms with E-state index in [4.69, 9.17) is 9.47 Å². The lowest BCUT2D eigenvalue weighted by molar-refractivity contribution is 0.395. The van der Waals surface area contributed by atoms with Crippen molar-refractivity contribution >= 4 is 11.6 Å². The number of anilines is 2. The van der Waals surface area contributed by atoms with Crippen molar-refractivity contribution in [1.29, 1.82) is 0 Å². The summed E-state index contributed by atoms with van der Waals surface area (Å²) in [7, 11) is 3.14. The van der Waals surface area contributed by atoms with E-state index in [0.29, 0.717) is 29.3 Å². The molecular weight excluding hydrogens is 332 g/mol. The molecule has 2 aromatic carbocycles. The van der Waals surface area contributed by atoms with Gasteiger partial charge in [0.15, 0.2) is 0 Å². The number of nitrogens with zero attached hydrogens (tertiary/aromatic N) is 2. The minimum Gasteiger partial charge on any atom is -0.497 e. The Labute approximate surface area is 151 Å². The number of rotatable bonds is 6. The van der Waals surface area contributed by atoms with Crippen LogP contribution >= 0.6 is 0 Å². The number of benzene rings is 2. The summed E-state index contributed by atoms with van der Waals surface area (Å²) in [4.78, 5) is 15.0. The van der Waals surface area contributed by atoms with E-state index in [9.17, 15) is 4.79 Å². The molecule has 2 N–H and O–H groups in total. The maximum absolute atomic E-state index is 12.3. The highest BCUT2D eigenvalue weighted by Gasteiger charge is 2.09. The SMILES string of the molecule is COc1ccc(Nc2nnc(Cc3ccc(C)cc3)c(=O)[nH]2)c(OC)c1. The second kappa shape index (κ2) is 7.69. The third-order valence-electron chi connectivity index (χ3n) is 3.92. The first-order chi connectivity index (χ1) is 12.6. The molecule has 0 atom stereocenters. The Bertz CT molecular complexity index is 952. The summed E-state index contributed by atoms with van der Waals surface area (Å²) in [5, 5.41) is 11.1. The van der Waals surface area contributed by atoms with Crippen molar-refractivity contribution in [2.75, 3.05) is 19.5 Å². The Morgan fingerprint density at radius 3 is 2.46 bits per heavy atom. The van der Waals surface area contributed by atoms with E-state index in [-0.39, 0.29) is 11.5 Å². The summed E-state index contributed by atoms with van der Waals surface area (Å²) in [6.45, 7) is 2.02. The van der Waals surface area contributed by atoms with E-state index in [0.717, 1.165) is 5.56 Å². The molecule has 3 rings (SSSR count). The summed E-state index contributed by atoms with van der Waals surface area (Å²) in [5.41, 5.74) is 2.90. The summed E-state index contributed by atoms with van der Waals surface area (Å²) in [5.74, 6) is 1.47. The molecule has 3 aromatic rings. The first-order valence-corrected chi connectivity index (χ1v) is 8.09. The standard InChI is InChI=1S/C19H20N4O3/c1-12-4-6-13(7-5-12)10-16-18(24)21-19(23-22-16)20-15-9-8-14(25-2)11-17(15)26-3/h4-9,11H,10H2,1-3H3,(H2,20,21,23,24). The molecule has 0 amide bonds. The molecule has 1 heterocycles. The fourth-order valence-electron chi connectivity index (χ4n) is 2.46. The van der Waals surface area contributed by atoms with Crippen LogP contribution in [0.3, 0.4) is 0 Å². The number of H-pyrrole nitrogens is 1. The molecule has 0 spiro atoms. The average molecular weight is 352 g/mol. The molecule has 0 saturated carbocycles. The van der Waals surface area contributed by atoms with Gasteiger partial charge >= 0.3 is 0 Å².